The van der Waals surface area contributed by atoms with E-state index in [1.165, 1.54) is 0 Å². The molecule has 1 atom stereocenters. The molecule has 0 heterocycles. The maximum absolute atomic E-state index is 12.1. The molecule has 0 spiro atoms. The molecule has 0 aliphatic rings. The summed E-state index contributed by atoms with van der Waals surface area (Å²) in [5.41, 5.74) is 2.78. The number of nitrogens with one attached hydrogen (secondary N) is 1. The predicted molar refractivity (Wildman–Crippen MR) is 96.7 cm³/mol. The summed E-state index contributed by atoms with van der Waals surface area (Å²) in [6.45, 7) is 5.37. The molecular formula is C20H23NO4. The molecule has 0 radical (unpaired) electrons. The standard InChI is InChI=1S/C20H23NO4/c1-4-18(25-16-8-6-5-7-9-16)20(23)24-13-19(22)21-17-11-10-14(2)12-15(17)3/h5-12,18H,4,13H2,1-3H3,(H,21,22)/t18-/m1/s1. The van der Waals surface area contributed by atoms with Gasteiger partial charge in [0, 0.05) is 5.69 Å². The van der Waals surface area contributed by atoms with Crippen LogP contribution in [0.5, 0.6) is 5.75 Å². The zero-order valence-electron chi connectivity index (χ0n) is 14.7. The summed E-state index contributed by atoms with van der Waals surface area (Å²) in [5.74, 6) is -0.344. The van der Waals surface area contributed by atoms with E-state index in [1.807, 2.05) is 57.2 Å². The number of aryl methyl sites for hydroxylation is 2. The van der Waals surface area contributed by atoms with Crippen LogP contribution in [-0.2, 0) is 14.3 Å². The van der Waals surface area contributed by atoms with Crippen LogP contribution in [0.2, 0.25) is 0 Å². The van der Waals surface area contributed by atoms with Crippen LogP contribution in [0.1, 0.15) is 24.5 Å². The van der Waals surface area contributed by atoms with Crippen molar-refractivity contribution in [2.75, 3.05) is 11.9 Å². The Labute approximate surface area is 148 Å². The van der Waals surface area contributed by atoms with Gasteiger partial charge in [0.25, 0.3) is 5.91 Å². The number of rotatable bonds is 7. The van der Waals surface area contributed by atoms with E-state index in [2.05, 4.69) is 5.32 Å². The topological polar surface area (TPSA) is 64.6 Å². The van der Waals surface area contributed by atoms with Crippen molar-refractivity contribution in [3.8, 4) is 5.75 Å². The summed E-state index contributed by atoms with van der Waals surface area (Å²) in [4.78, 5) is 24.1. The molecule has 5 heteroatoms. The third kappa shape index (κ3) is 5.64. The van der Waals surface area contributed by atoms with Crippen LogP contribution < -0.4 is 10.1 Å². The van der Waals surface area contributed by atoms with Crippen molar-refractivity contribution in [3.05, 3.63) is 59.7 Å². The molecular weight excluding hydrogens is 318 g/mol. The Balaban J connectivity index is 1.86. The minimum absolute atomic E-state index is 0.346. The lowest BCUT2D eigenvalue weighted by Crippen LogP contribution is -2.31. The van der Waals surface area contributed by atoms with Gasteiger partial charge in [0.1, 0.15) is 5.75 Å². The highest BCUT2D eigenvalue weighted by Crippen LogP contribution is 2.16. The Morgan fingerprint density at radius 3 is 2.44 bits per heavy atom. The molecule has 2 aromatic carbocycles. The summed E-state index contributed by atoms with van der Waals surface area (Å²) in [6, 6.07) is 14.8. The van der Waals surface area contributed by atoms with Gasteiger partial charge in [0.2, 0.25) is 0 Å². The van der Waals surface area contributed by atoms with Crippen molar-refractivity contribution in [1.29, 1.82) is 0 Å². The quantitative estimate of drug-likeness (QED) is 0.781. The number of para-hydroxylation sites is 1. The average molecular weight is 341 g/mol. The Hall–Kier alpha value is -2.82. The first kappa shape index (κ1) is 18.5. The maximum Gasteiger partial charge on any atom is 0.347 e. The second kappa shape index (κ2) is 8.87. The number of carbonyl (C=O) groups is 2. The molecule has 1 amide bonds. The molecule has 2 aromatic rings. The molecule has 2 rings (SSSR count). The number of benzene rings is 2. The van der Waals surface area contributed by atoms with Gasteiger partial charge in [-0.2, -0.15) is 0 Å². The van der Waals surface area contributed by atoms with Crippen LogP contribution in [0.4, 0.5) is 5.69 Å². The van der Waals surface area contributed by atoms with Crippen LogP contribution >= 0.6 is 0 Å². The molecule has 0 fully saturated rings. The first-order valence-corrected chi connectivity index (χ1v) is 8.25. The van der Waals surface area contributed by atoms with E-state index in [0.29, 0.717) is 17.9 Å². The summed E-state index contributed by atoms with van der Waals surface area (Å²) in [5, 5.41) is 2.74. The minimum Gasteiger partial charge on any atom is -0.479 e. The second-order valence-electron chi connectivity index (χ2n) is 5.80. The first-order valence-electron chi connectivity index (χ1n) is 8.25. The van der Waals surface area contributed by atoms with Gasteiger partial charge in [-0.1, -0.05) is 42.8 Å². The summed E-state index contributed by atoms with van der Waals surface area (Å²) in [7, 11) is 0. The second-order valence-corrected chi connectivity index (χ2v) is 5.80. The fourth-order valence-electron chi connectivity index (χ4n) is 2.33. The number of amides is 1. The smallest absolute Gasteiger partial charge is 0.347 e. The Morgan fingerprint density at radius 2 is 1.80 bits per heavy atom. The van der Waals surface area contributed by atoms with Crippen molar-refractivity contribution < 1.29 is 19.1 Å². The fraction of sp³-hybridized carbons (Fsp3) is 0.300. The van der Waals surface area contributed by atoms with Crippen molar-refractivity contribution >= 4 is 17.6 Å². The zero-order valence-corrected chi connectivity index (χ0v) is 14.7. The predicted octanol–water partition coefficient (Wildman–Crippen LogP) is 3.64. The van der Waals surface area contributed by atoms with Crippen LogP contribution in [0.25, 0.3) is 0 Å². The Morgan fingerprint density at radius 1 is 1.08 bits per heavy atom. The molecule has 0 aliphatic heterocycles. The van der Waals surface area contributed by atoms with E-state index in [-0.39, 0.29) is 12.5 Å². The Bertz CT molecular complexity index is 728. The summed E-state index contributed by atoms with van der Waals surface area (Å²) >= 11 is 0. The molecule has 0 unspecified atom stereocenters. The van der Waals surface area contributed by atoms with Crippen LogP contribution in [-0.4, -0.2) is 24.6 Å². The lowest BCUT2D eigenvalue weighted by Gasteiger charge is -2.16. The number of esters is 1. The molecule has 1 N–H and O–H groups in total. The molecule has 0 saturated carbocycles. The number of anilines is 1. The van der Waals surface area contributed by atoms with Gasteiger partial charge in [0.15, 0.2) is 12.7 Å². The SMILES string of the molecule is CC[C@@H](Oc1ccccc1)C(=O)OCC(=O)Nc1ccc(C)cc1C. The molecule has 132 valence electrons. The lowest BCUT2D eigenvalue weighted by molar-refractivity contribution is -0.154. The number of ether oxygens (including phenoxy) is 2. The van der Waals surface area contributed by atoms with Gasteiger partial charge in [-0.25, -0.2) is 4.79 Å². The third-order valence-electron chi connectivity index (χ3n) is 3.66. The largest absolute Gasteiger partial charge is 0.479 e. The van der Waals surface area contributed by atoms with Crippen molar-refractivity contribution in [3.63, 3.8) is 0 Å². The third-order valence-corrected chi connectivity index (χ3v) is 3.66. The summed E-state index contributed by atoms with van der Waals surface area (Å²) < 4.78 is 10.7. The van der Waals surface area contributed by atoms with E-state index < -0.39 is 12.1 Å². The monoisotopic (exact) mass is 341 g/mol. The average Bonchev–Trinajstić information content (AvgIpc) is 2.61. The highest BCUT2D eigenvalue weighted by atomic mass is 16.6. The van der Waals surface area contributed by atoms with Crippen LogP contribution in [0, 0.1) is 13.8 Å². The van der Waals surface area contributed by atoms with Gasteiger partial charge < -0.3 is 14.8 Å². The van der Waals surface area contributed by atoms with Gasteiger partial charge >= 0.3 is 5.97 Å². The van der Waals surface area contributed by atoms with Crippen LogP contribution in [0.15, 0.2) is 48.5 Å². The van der Waals surface area contributed by atoms with E-state index in [1.54, 1.807) is 12.1 Å². The van der Waals surface area contributed by atoms with Crippen molar-refractivity contribution in [2.45, 2.75) is 33.3 Å². The van der Waals surface area contributed by atoms with E-state index in [9.17, 15) is 9.59 Å². The zero-order chi connectivity index (χ0) is 18.2. The van der Waals surface area contributed by atoms with Crippen molar-refractivity contribution in [2.24, 2.45) is 0 Å². The molecule has 0 bridgehead atoms. The highest BCUT2D eigenvalue weighted by molar-refractivity contribution is 5.93. The van der Waals surface area contributed by atoms with Crippen LogP contribution in [0.3, 0.4) is 0 Å². The minimum atomic E-state index is -0.740. The van der Waals surface area contributed by atoms with E-state index in [0.717, 1.165) is 11.1 Å². The lowest BCUT2D eigenvalue weighted by atomic mass is 10.1. The molecule has 0 aliphatic carbocycles. The number of hydrogen-bond acceptors (Lipinski definition) is 4. The van der Waals surface area contributed by atoms with Gasteiger partial charge in [-0.05, 0) is 44.0 Å². The van der Waals surface area contributed by atoms with Gasteiger partial charge in [0.05, 0.1) is 0 Å². The maximum atomic E-state index is 12.1. The number of hydrogen-bond donors (Lipinski definition) is 1. The summed E-state index contributed by atoms with van der Waals surface area (Å²) in [6.07, 6.45) is -0.289. The van der Waals surface area contributed by atoms with E-state index in [4.69, 9.17) is 9.47 Å². The first-order chi connectivity index (χ1) is 12.0. The Kier molecular flexibility index (Phi) is 6.57. The molecule has 0 aromatic heterocycles. The van der Waals surface area contributed by atoms with Gasteiger partial charge in [-0.15, -0.1) is 0 Å². The van der Waals surface area contributed by atoms with Crippen molar-refractivity contribution in [1.82, 2.24) is 0 Å². The normalized spacial score (nSPS) is 11.5. The molecule has 0 saturated heterocycles. The fourth-order valence-corrected chi connectivity index (χ4v) is 2.33. The molecule has 25 heavy (non-hydrogen) atoms. The molecule has 5 nitrogen and oxygen atoms in total. The highest BCUT2D eigenvalue weighted by Gasteiger charge is 2.21. The van der Waals surface area contributed by atoms with E-state index >= 15 is 0 Å². The number of carbonyl (C=O) groups excluding carboxylic acids is 2. The van der Waals surface area contributed by atoms with Gasteiger partial charge in [-0.3, -0.25) is 4.79 Å².